The molecule has 0 aromatic carbocycles. The zero-order valence-electron chi connectivity index (χ0n) is 12.6. The summed E-state index contributed by atoms with van der Waals surface area (Å²) in [5.74, 6) is -0.382. The summed E-state index contributed by atoms with van der Waals surface area (Å²) in [5.41, 5.74) is -1.81. The molecular weight excluding hydrogens is 272 g/mol. The molecule has 0 aliphatic heterocycles. The Hall–Kier alpha value is -2.15. The highest BCUT2D eigenvalue weighted by atomic mass is 16.3. The van der Waals surface area contributed by atoms with E-state index in [9.17, 15) is 14.7 Å². The molecule has 2 N–H and O–H groups in total. The third-order valence-corrected chi connectivity index (χ3v) is 3.76. The van der Waals surface area contributed by atoms with Gasteiger partial charge in [-0.3, -0.25) is 9.20 Å². The minimum absolute atomic E-state index is 0.194. The molecule has 0 saturated heterocycles. The van der Waals surface area contributed by atoms with Crippen LogP contribution in [0.2, 0.25) is 0 Å². The largest absolute Gasteiger partial charge is 0.388 e. The number of aromatic nitrogens is 3. The van der Waals surface area contributed by atoms with Crippen molar-refractivity contribution >= 4 is 11.6 Å². The van der Waals surface area contributed by atoms with Crippen molar-refractivity contribution in [3.63, 3.8) is 0 Å². The second-order valence-electron chi connectivity index (χ2n) is 6.10. The first-order chi connectivity index (χ1) is 9.62. The van der Waals surface area contributed by atoms with E-state index in [-0.39, 0.29) is 18.1 Å². The maximum atomic E-state index is 12.1. The minimum Gasteiger partial charge on any atom is -0.388 e. The molecule has 21 heavy (non-hydrogen) atoms. The Morgan fingerprint density at radius 1 is 1.33 bits per heavy atom. The van der Waals surface area contributed by atoms with Gasteiger partial charge in [0.1, 0.15) is 6.54 Å². The molecule has 0 aliphatic carbocycles. The molecule has 0 spiro atoms. The summed E-state index contributed by atoms with van der Waals surface area (Å²) in [4.78, 5) is 24.1. The topological polar surface area (TPSA) is 88.6 Å². The number of aliphatic hydroxyl groups is 1. The van der Waals surface area contributed by atoms with Gasteiger partial charge in [0.2, 0.25) is 5.91 Å². The Bertz CT molecular complexity index is 722. The van der Waals surface area contributed by atoms with Gasteiger partial charge in [0.25, 0.3) is 0 Å². The number of nitrogens with zero attached hydrogens (tertiary/aromatic N) is 3. The minimum atomic E-state index is -1.09. The quantitative estimate of drug-likeness (QED) is 0.840. The summed E-state index contributed by atoms with van der Waals surface area (Å²) in [6, 6.07) is 5.18. The van der Waals surface area contributed by atoms with Gasteiger partial charge < -0.3 is 10.4 Å². The molecular formula is C14H20N4O3. The Morgan fingerprint density at radius 2 is 2.00 bits per heavy atom. The molecule has 2 aromatic heterocycles. The van der Waals surface area contributed by atoms with Gasteiger partial charge in [-0.1, -0.05) is 6.07 Å². The molecule has 114 valence electrons. The van der Waals surface area contributed by atoms with E-state index in [2.05, 4.69) is 10.4 Å². The first-order valence-corrected chi connectivity index (χ1v) is 6.69. The van der Waals surface area contributed by atoms with Crippen LogP contribution in [0.15, 0.2) is 29.2 Å². The number of pyridine rings is 1. The van der Waals surface area contributed by atoms with Gasteiger partial charge in [-0.25, -0.2) is 9.48 Å². The van der Waals surface area contributed by atoms with Crippen molar-refractivity contribution in [3.05, 3.63) is 34.9 Å². The molecule has 0 aliphatic rings. The van der Waals surface area contributed by atoms with Crippen LogP contribution in [0.25, 0.3) is 5.65 Å². The number of nitrogens with one attached hydrogen (secondary N) is 1. The molecule has 0 bridgehead atoms. The fourth-order valence-corrected chi connectivity index (χ4v) is 1.75. The zero-order valence-corrected chi connectivity index (χ0v) is 12.6. The SMILES string of the molecule is CC(C)(O)C(C)(C)NC(=O)Cn1nc2ccccn2c1=O. The summed E-state index contributed by atoms with van der Waals surface area (Å²) >= 11 is 0. The predicted octanol–water partition coefficient (Wildman–Crippen LogP) is 0.162. The van der Waals surface area contributed by atoms with E-state index in [1.165, 1.54) is 4.40 Å². The van der Waals surface area contributed by atoms with Crippen LogP contribution in [0.5, 0.6) is 0 Å². The van der Waals surface area contributed by atoms with Gasteiger partial charge in [0, 0.05) is 6.20 Å². The van der Waals surface area contributed by atoms with Gasteiger partial charge in [0.05, 0.1) is 11.1 Å². The molecule has 7 heteroatoms. The van der Waals surface area contributed by atoms with Crippen molar-refractivity contribution in [2.45, 2.75) is 45.4 Å². The van der Waals surface area contributed by atoms with Crippen LogP contribution in [-0.4, -0.2) is 36.3 Å². The smallest absolute Gasteiger partial charge is 0.350 e. The second kappa shape index (κ2) is 5.00. The lowest BCUT2D eigenvalue weighted by atomic mass is 9.86. The molecule has 2 heterocycles. The van der Waals surface area contributed by atoms with E-state index in [0.29, 0.717) is 5.65 Å². The van der Waals surface area contributed by atoms with Crippen LogP contribution in [0, 0.1) is 0 Å². The van der Waals surface area contributed by atoms with Crippen LogP contribution in [-0.2, 0) is 11.3 Å². The molecule has 0 atom stereocenters. The average Bonchev–Trinajstić information content (AvgIpc) is 2.65. The lowest BCUT2D eigenvalue weighted by molar-refractivity contribution is -0.127. The molecule has 7 nitrogen and oxygen atoms in total. The van der Waals surface area contributed by atoms with Crippen molar-refractivity contribution in [1.29, 1.82) is 0 Å². The van der Waals surface area contributed by atoms with Crippen molar-refractivity contribution in [1.82, 2.24) is 19.5 Å². The van der Waals surface area contributed by atoms with Crippen LogP contribution < -0.4 is 11.0 Å². The van der Waals surface area contributed by atoms with E-state index < -0.39 is 11.1 Å². The van der Waals surface area contributed by atoms with E-state index in [0.717, 1.165) is 4.68 Å². The zero-order chi connectivity index (χ0) is 15.8. The van der Waals surface area contributed by atoms with E-state index >= 15 is 0 Å². The summed E-state index contributed by atoms with van der Waals surface area (Å²) in [5, 5.41) is 16.8. The van der Waals surface area contributed by atoms with Gasteiger partial charge in [-0.2, -0.15) is 0 Å². The highest BCUT2D eigenvalue weighted by Gasteiger charge is 2.36. The van der Waals surface area contributed by atoms with E-state index in [4.69, 9.17) is 0 Å². The average molecular weight is 292 g/mol. The lowest BCUT2D eigenvalue weighted by Gasteiger charge is -2.37. The maximum absolute atomic E-state index is 12.1. The summed E-state index contributed by atoms with van der Waals surface area (Å²) in [6.45, 7) is 6.48. The Labute approximate surface area is 122 Å². The maximum Gasteiger partial charge on any atom is 0.350 e. The van der Waals surface area contributed by atoms with Crippen LogP contribution in [0.3, 0.4) is 0 Å². The summed E-state index contributed by atoms with van der Waals surface area (Å²) in [7, 11) is 0. The van der Waals surface area contributed by atoms with Crippen molar-refractivity contribution < 1.29 is 9.90 Å². The van der Waals surface area contributed by atoms with Crippen LogP contribution in [0.1, 0.15) is 27.7 Å². The first kappa shape index (κ1) is 15.2. The third-order valence-electron chi connectivity index (χ3n) is 3.76. The summed E-state index contributed by atoms with van der Waals surface area (Å²) in [6.07, 6.45) is 1.60. The molecule has 0 saturated carbocycles. The predicted molar refractivity (Wildman–Crippen MR) is 78.0 cm³/mol. The van der Waals surface area contributed by atoms with Gasteiger partial charge in [-0.05, 0) is 39.8 Å². The van der Waals surface area contributed by atoms with Gasteiger partial charge in [0.15, 0.2) is 5.65 Å². The highest BCUT2D eigenvalue weighted by Crippen LogP contribution is 2.20. The second-order valence-corrected chi connectivity index (χ2v) is 6.10. The lowest BCUT2D eigenvalue weighted by Crippen LogP contribution is -2.58. The number of rotatable bonds is 4. The number of carbonyl (C=O) groups is 1. The van der Waals surface area contributed by atoms with Crippen molar-refractivity contribution in [3.8, 4) is 0 Å². The number of carbonyl (C=O) groups excluding carboxylic acids is 1. The molecule has 1 amide bonds. The molecule has 0 unspecified atom stereocenters. The number of hydrogen-bond donors (Lipinski definition) is 2. The Morgan fingerprint density at radius 3 is 2.57 bits per heavy atom. The Kier molecular flexibility index (Phi) is 3.63. The van der Waals surface area contributed by atoms with E-state index in [1.54, 1.807) is 52.1 Å². The van der Waals surface area contributed by atoms with Crippen molar-refractivity contribution in [2.24, 2.45) is 0 Å². The van der Waals surface area contributed by atoms with Crippen molar-refractivity contribution in [2.75, 3.05) is 0 Å². The molecule has 2 rings (SSSR count). The van der Waals surface area contributed by atoms with E-state index in [1.807, 2.05) is 0 Å². The number of fused-ring (bicyclic) bond motifs is 1. The van der Waals surface area contributed by atoms with Crippen LogP contribution >= 0.6 is 0 Å². The van der Waals surface area contributed by atoms with Gasteiger partial charge in [-0.15, -0.1) is 5.10 Å². The monoisotopic (exact) mass is 292 g/mol. The molecule has 2 aromatic rings. The molecule has 0 fully saturated rings. The normalized spacial score (nSPS) is 12.6. The number of amides is 1. The first-order valence-electron chi connectivity index (χ1n) is 6.69. The Balaban J connectivity index is 2.19. The highest BCUT2D eigenvalue weighted by molar-refractivity contribution is 5.76. The third kappa shape index (κ3) is 2.97. The molecule has 0 radical (unpaired) electrons. The standard InChI is InChI=1S/C14H20N4O3/c1-13(2,14(3,4)21)15-11(19)9-18-12(20)17-8-6-5-7-10(17)16-18/h5-8,21H,9H2,1-4H3,(H,15,19). The fourth-order valence-electron chi connectivity index (χ4n) is 1.75. The van der Waals surface area contributed by atoms with Crippen LogP contribution in [0.4, 0.5) is 0 Å². The number of hydrogen-bond acceptors (Lipinski definition) is 4. The van der Waals surface area contributed by atoms with Gasteiger partial charge >= 0.3 is 5.69 Å². The fraction of sp³-hybridized carbons (Fsp3) is 0.500. The summed E-state index contributed by atoms with van der Waals surface area (Å²) < 4.78 is 2.47.